The first-order chi connectivity index (χ1) is 6.74. The molecule has 0 aromatic rings. The van der Waals surface area contributed by atoms with Gasteiger partial charge in [-0.2, -0.15) is 0 Å². The summed E-state index contributed by atoms with van der Waals surface area (Å²) in [6.07, 6.45) is 5.31. The van der Waals surface area contributed by atoms with Crippen molar-refractivity contribution in [3.8, 4) is 0 Å². The van der Waals surface area contributed by atoms with Crippen molar-refractivity contribution in [3.05, 3.63) is 0 Å². The van der Waals surface area contributed by atoms with E-state index in [2.05, 4.69) is 26.1 Å². The molecule has 2 unspecified atom stereocenters. The molecule has 0 spiro atoms. The maximum Gasteiger partial charge on any atom is 0.0613 e. The van der Waals surface area contributed by atoms with E-state index in [0.29, 0.717) is 6.04 Å². The molecule has 2 nitrogen and oxygen atoms in total. The molecule has 0 saturated carbocycles. The van der Waals surface area contributed by atoms with E-state index in [-0.39, 0.29) is 0 Å². The summed E-state index contributed by atoms with van der Waals surface area (Å²) in [6, 6.07) is 0.482. The standard InChI is InChI=1S/C12H27NO/c1-5-7-8-12(6-2)9-13-11(3)10-14-4/h11-13H,5-10H2,1-4H3. The van der Waals surface area contributed by atoms with E-state index < -0.39 is 0 Å². The van der Waals surface area contributed by atoms with Crippen molar-refractivity contribution < 1.29 is 4.74 Å². The largest absolute Gasteiger partial charge is 0.383 e. The number of nitrogens with one attached hydrogen (secondary N) is 1. The topological polar surface area (TPSA) is 21.3 Å². The molecule has 86 valence electrons. The van der Waals surface area contributed by atoms with Crippen molar-refractivity contribution in [2.75, 3.05) is 20.3 Å². The highest BCUT2D eigenvalue weighted by Gasteiger charge is 2.07. The van der Waals surface area contributed by atoms with E-state index in [0.717, 1.165) is 19.1 Å². The molecule has 0 aliphatic heterocycles. The predicted molar refractivity (Wildman–Crippen MR) is 62.6 cm³/mol. The fourth-order valence-corrected chi connectivity index (χ4v) is 1.62. The molecule has 1 N–H and O–H groups in total. The van der Waals surface area contributed by atoms with Crippen LogP contribution >= 0.6 is 0 Å². The van der Waals surface area contributed by atoms with Crippen molar-refractivity contribution in [2.45, 2.75) is 52.5 Å². The Morgan fingerprint density at radius 3 is 2.50 bits per heavy atom. The molecule has 14 heavy (non-hydrogen) atoms. The Labute approximate surface area is 89.4 Å². The molecule has 0 bridgehead atoms. The van der Waals surface area contributed by atoms with Gasteiger partial charge < -0.3 is 10.1 Å². The van der Waals surface area contributed by atoms with Crippen molar-refractivity contribution in [1.29, 1.82) is 0 Å². The summed E-state index contributed by atoms with van der Waals surface area (Å²) in [5.74, 6) is 0.842. The fourth-order valence-electron chi connectivity index (χ4n) is 1.62. The summed E-state index contributed by atoms with van der Waals surface area (Å²) in [5, 5.41) is 3.52. The molecular formula is C12H27NO. The number of rotatable bonds is 9. The Kier molecular flexibility index (Phi) is 9.42. The summed E-state index contributed by atoms with van der Waals surface area (Å²) in [5.41, 5.74) is 0. The highest BCUT2D eigenvalue weighted by molar-refractivity contribution is 4.65. The molecule has 0 heterocycles. The van der Waals surface area contributed by atoms with Gasteiger partial charge in [-0.25, -0.2) is 0 Å². The maximum absolute atomic E-state index is 5.09. The number of methoxy groups -OCH3 is 1. The van der Waals surface area contributed by atoms with E-state index in [1.54, 1.807) is 7.11 Å². The van der Waals surface area contributed by atoms with E-state index in [1.807, 2.05) is 0 Å². The minimum Gasteiger partial charge on any atom is -0.383 e. The zero-order valence-corrected chi connectivity index (χ0v) is 10.3. The van der Waals surface area contributed by atoms with Crippen molar-refractivity contribution in [3.63, 3.8) is 0 Å². The van der Waals surface area contributed by atoms with Crippen LogP contribution in [0.25, 0.3) is 0 Å². The van der Waals surface area contributed by atoms with Crippen molar-refractivity contribution in [2.24, 2.45) is 5.92 Å². The molecule has 2 atom stereocenters. The normalized spacial score (nSPS) is 15.4. The predicted octanol–water partition coefficient (Wildman–Crippen LogP) is 2.83. The molecule has 2 heteroatoms. The molecule has 0 aliphatic carbocycles. The van der Waals surface area contributed by atoms with Gasteiger partial charge in [0.05, 0.1) is 6.61 Å². The van der Waals surface area contributed by atoms with Crippen LogP contribution in [0.1, 0.15) is 46.5 Å². The second kappa shape index (κ2) is 9.47. The number of unbranched alkanes of at least 4 members (excludes halogenated alkanes) is 1. The average molecular weight is 201 g/mol. The lowest BCUT2D eigenvalue weighted by molar-refractivity contribution is 0.169. The van der Waals surface area contributed by atoms with Gasteiger partial charge in [0, 0.05) is 13.2 Å². The van der Waals surface area contributed by atoms with Crippen molar-refractivity contribution >= 4 is 0 Å². The Morgan fingerprint density at radius 1 is 1.29 bits per heavy atom. The lowest BCUT2D eigenvalue weighted by Gasteiger charge is -2.19. The molecule has 0 rings (SSSR count). The van der Waals surface area contributed by atoms with Crippen LogP contribution in [-0.2, 0) is 4.74 Å². The van der Waals surface area contributed by atoms with Crippen molar-refractivity contribution in [1.82, 2.24) is 5.32 Å². The van der Waals surface area contributed by atoms with Gasteiger partial charge in [-0.05, 0) is 25.8 Å². The first kappa shape index (κ1) is 13.9. The van der Waals surface area contributed by atoms with Gasteiger partial charge in [0.1, 0.15) is 0 Å². The molecule has 0 aromatic carbocycles. The maximum atomic E-state index is 5.09. The molecule has 0 fully saturated rings. The van der Waals surface area contributed by atoms with Crippen LogP contribution in [0.2, 0.25) is 0 Å². The van der Waals surface area contributed by atoms with Crippen LogP contribution in [-0.4, -0.2) is 26.3 Å². The molecule has 0 saturated heterocycles. The number of hydrogen-bond acceptors (Lipinski definition) is 2. The highest BCUT2D eigenvalue weighted by Crippen LogP contribution is 2.11. The minimum absolute atomic E-state index is 0.482. The zero-order valence-electron chi connectivity index (χ0n) is 10.3. The Balaban J connectivity index is 3.50. The summed E-state index contributed by atoms with van der Waals surface area (Å²) in [6.45, 7) is 8.66. The van der Waals surface area contributed by atoms with Crippen LogP contribution in [0.5, 0.6) is 0 Å². The summed E-state index contributed by atoms with van der Waals surface area (Å²) in [7, 11) is 1.76. The second-order valence-electron chi connectivity index (χ2n) is 4.18. The third-order valence-electron chi connectivity index (χ3n) is 2.71. The summed E-state index contributed by atoms with van der Waals surface area (Å²) < 4.78 is 5.09. The van der Waals surface area contributed by atoms with Crippen LogP contribution in [0.4, 0.5) is 0 Å². The monoisotopic (exact) mass is 201 g/mol. The number of hydrogen-bond donors (Lipinski definition) is 1. The van der Waals surface area contributed by atoms with Gasteiger partial charge in [0.2, 0.25) is 0 Å². The van der Waals surface area contributed by atoms with Crippen LogP contribution in [0.3, 0.4) is 0 Å². The molecular weight excluding hydrogens is 174 g/mol. The third-order valence-corrected chi connectivity index (χ3v) is 2.71. The fraction of sp³-hybridized carbons (Fsp3) is 1.00. The lowest BCUT2D eigenvalue weighted by Crippen LogP contribution is -2.34. The van der Waals surface area contributed by atoms with E-state index in [4.69, 9.17) is 4.74 Å². The van der Waals surface area contributed by atoms with E-state index in [1.165, 1.54) is 25.7 Å². The molecule has 0 aliphatic rings. The first-order valence-electron chi connectivity index (χ1n) is 5.96. The average Bonchev–Trinajstić information content (AvgIpc) is 2.19. The molecule has 0 aromatic heterocycles. The van der Waals surface area contributed by atoms with E-state index >= 15 is 0 Å². The van der Waals surface area contributed by atoms with Gasteiger partial charge >= 0.3 is 0 Å². The Hall–Kier alpha value is -0.0800. The van der Waals surface area contributed by atoms with Crippen LogP contribution in [0, 0.1) is 5.92 Å². The van der Waals surface area contributed by atoms with Gasteiger partial charge in [-0.1, -0.05) is 33.1 Å². The van der Waals surface area contributed by atoms with Gasteiger partial charge in [0.15, 0.2) is 0 Å². The Bertz CT molecular complexity index is 117. The van der Waals surface area contributed by atoms with Crippen LogP contribution < -0.4 is 5.32 Å². The molecule has 0 amide bonds. The quantitative estimate of drug-likeness (QED) is 0.619. The SMILES string of the molecule is CCCCC(CC)CNC(C)COC. The first-order valence-corrected chi connectivity index (χ1v) is 5.96. The lowest BCUT2D eigenvalue weighted by atomic mass is 9.99. The number of ether oxygens (including phenoxy) is 1. The second-order valence-corrected chi connectivity index (χ2v) is 4.18. The summed E-state index contributed by atoms with van der Waals surface area (Å²) in [4.78, 5) is 0. The van der Waals surface area contributed by atoms with E-state index in [9.17, 15) is 0 Å². The smallest absolute Gasteiger partial charge is 0.0613 e. The van der Waals surface area contributed by atoms with Gasteiger partial charge in [-0.3, -0.25) is 0 Å². The highest BCUT2D eigenvalue weighted by atomic mass is 16.5. The van der Waals surface area contributed by atoms with Gasteiger partial charge in [0.25, 0.3) is 0 Å². The summed E-state index contributed by atoms with van der Waals surface area (Å²) >= 11 is 0. The molecule has 0 radical (unpaired) electrons. The zero-order chi connectivity index (χ0) is 10.8. The minimum atomic E-state index is 0.482. The Morgan fingerprint density at radius 2 is 2.00 bits per heavy atom. The third kappa shape index (κ3) is 7.34. The van der Waals surface area contributed by atoms with Crippen LogP contribution in [0.15, 0.2) is 0 Å². The van der Waals surface area contributed by atoms with Gasteiger partial charge in [-0.15, -0.1) is 0 Å².